The van der Waals surface area contributed by atoms with Gasteiger partial charge in [-0.05, 0) is 31.0 Å². The lowest BCUT2D eigenvalue weighted by atomic mass is 10.1. The topological polar surface area (TPSA) is 40.5 Å². The third-order valence-corrected chi connectivity index (χ3v) is 2.93. The maximum Gasteiger partial charge on any atom is 0.255 e. The number of carbonyl (C=O) groups is 1. The Balaban J connectivity index is 3.11. The predicted octanol–water partition coefficient (Wildman–Crippen LogP) is 2.68. The van der Waals surface area contributed by atoms with Gasteiger partial charge in [-0.25, -0.2) is 4.39 Å². The first-order chi connectivity index (χ1) is 9.99. The van der Waals surface area contributed by atoms with Crippen LogP contribution < -0.4 is 0 Å². The Morgan fingerprint density at radius 3 is 2.71 bits per heavy atom. The van der Waals surface area contributed by atoms with Crippen molar-refractivity contribution >= 4 is 5.91 Å². The molecule has 0 fully saturated rings. The lowest BCUT2D eigenvalue weighted by Crippen LogP contribution is -2.34. The molecular weight excluding hydrogens is 269 g/mol. The minimum absolute atomic E-state index is 0.0555. The normalized spacial score (nSPS) is 10.2. The minimum Gasteiger partial charge on any atom is -0.395 e. The molecule has 1 amide bonds. The SMILES string of the molecule is CCN(CC(C)C)C(=O)c1ccc(F)cc1C#CCCO. The first kappa shape index (κ1) is 17.2. The second kappa shape index (κ2) is 8.43. The van der Waals surface area contributed by atoms with Crippen molar-refractivity contribution in [1.82, 2.24) is 4.90 Å². The van der Waals surface area contributed by atoms with Crippen molar-refractivity contribution in [3.63, 3.8) is 0 Å². The van der Waals surface area contributed by atoms with Gasteiger partial charge in [-0.15, -0.1) is 0 Å². The predicted molar refractivity (Wildman–Crippen MR) is 81.4 cm³/mol. The van der Waals surface area contributed by atoms with Gasteiger partial charge < -0.3 is 10.0 Å². The molecule has 0 saturated heterocycles. The summed E-state index contributed by atoms with van der Waals surface area (Å²) in [6.45, 7) is 7.19. The lowest BCUT2D eigenvalue weighted by Gasteiger charge is -2.23. The van der Waals surface area contributed by atoms with E-state index in [1.807, 2.05) is 20.8 Å². The van der Waals surface area contributed by atoms with E-state index < -0.39 is 5.82 Å². The third kappa shape index (κ3) is 5.20. The van der Waals surface area contributed by atoms with E-state index in [2.05, 4.69) is 11.8 Å². The molecule has 1 aromatic rings. The van der Waals surface area contributed by atoms with Crippen LogP contribution in [0.3, 0.4) is 0 Å². The molecule has 1 rings (SSSR count). The van der Waals surface area contributed by atoms with Crippen LogP contribution in [0.25, 0.3) is 0 Å². The van der Waals surface area contributed by atoms with Crippen LogP contribution in [0.15, 0.2) is 18.2 Å². The third-order valence-electron chi connectivity index (χ3n) is 2.93. The van der Waals surface area contributed by atoms with Gasteiger partial charge in [0.05, 0.1) is 12.2 Å². The second-order valence-corrected chi connectivity index (χ2v) is 5.20. The van der Waals surface area contributed by atoms with Gasteiger partial charge in [0.2, 0.25) is 0 Å². The zero-order chi connectivity index (χ0) is 15.8. The summed E-state index contributed by atoms with van der Waals surface area (Å²) >= 11 is 0. The van der Waals surface area contributed by atoms with E-state index >= 15 is 0 Å². The Bertz CT molecular complexity index is 543. The van der Waals surface area contributed by atoms with Crippen LogP contribution in [0.4, 0.5) is 4.39 Å². The van der Waals surface area contributed by atoms with Crippen LogP contribution in [0.2, 0.25) is 0 Å². The summed E-state index contributed by atoms with van der Waals surface area (Å²) in [4.78, 5) is 14.3. The number of hydrogen-bond acceptors (Lipinski definition) is 2. The Hall–Kier alpha value is -1.86. The van der Waals surface area contributed by atoms with E-state index in [1.54, 1.807) is 4.90 Å². The highest BCUT2D eigenvalue weighted by Gasteiger charge is 2.18. The van der Waals surface area contributed by atoms with Gasteiger partial charge in [0.25, 0.3) is 5.91 Å². The van der Waals surface area contributed by atoms with E-state index in [9.17, 15) is 9.18 Å². The summed E-state index contributed by atoms with van der Waals surface area (Å²) in [6, 6.07) is 4.01. The van der Waals surface area contributed by atoms with Crippen LogP contribution in [-0.2, 0) is 0 Å². The molecular formula is C17H22FNO2. The van der Waals surface area contributed by atoms with Gasteiger partial charge >= 0.3 is 0 Å². The van der Waals surface area contributed by atoms with Gasteiger partial charge in [0.1, 0.15) is 5.82 Å². The number of hydrogen-bond donors (Lipinski definition) is 1. The summed E-state index contributed by atoms with van der Waals surface area (Å²) in [5, 5.41) is 8.75. The molecule has 0 aliphatic heterocycles. The molecule has 21 heavy (non-hydrogen) atoms. The Kier molecular flexibility index (Phi) is 6.90. The second-order valence-electron chi connectivity index (χ2n) is 5.20. The summed E-state index contributed by atoms with van der Waals surface area (Å²) < 4.78 is 13.4. The van der Waals surface area contributed by atoms with Gasteiger partial charge in [-0.2, -0.15) is 0 Å². The quantitative estimate of drug-likeness (QED) is 0.847. The van der Waals surface area contributed by atoms with Crippen molar-refractivity contribution in [3.05, 3.63) is 35.1 Å². The Morgan fingerprint density at radius 2 is 2.14 bits per heavy atom. The fourth-order valence-corrected chi connectivity index (χ4v) is 1.99. The molecule has 0 unspecified atom stereocenters. The Morgan fingerprint density at radius 1 is 1.43 bits per heavy atom. The molecule has 0 atom stereocenters. The van der Waals surface area contributed by atoms with E-state index in [0.717, 1.165) is 0 Å². The van der Waals surface area contributed by atoms with Crippen molar-refractivity contribution in [2.45, 2.75) is 27.2 Å². The largest absolute Gasteiger partial charge is 0.395 e. The highest BCUT2D eigenvalue weighted by molar-refractivity contribution is 5.96. The lowest BCUT2D eigenvalue weighted by molar-refractivity contribution is 0.0745. The smallest absolute Gasteiger partial charge is 0.255 e. The Labute approximate surface area is 125 Å². The van der Waals surface area contributed by atoms with Crippen LogP contribution in [0.1, 0.15) is 43.1 Å². The average Bonchev–Trinajstić information content (AvgIpc) is 2.44. The van der Waals surface area contributed by atoms with Crippen LogP contribution >= 0.6 is 0 Å². The number of aliphatic hydroxyl groups excluding tert-OH is 1. The highest BCUT2D eigenvalue weighted by atomic mass is 19.1. The summed E-state index contributed by atoms with van der Waals surface area (Å²) in [7, 11) is 0. The summed E-state index contributed by atoms with van der Waals surface area (Å²) in [6.07, 6.45) is 0.299. The number of halogens is 1. The highest BCUT2D eigenvalue weighted by Crippen LogP contribution is 2.14. The average molecular weight is 291 g/mol. The van der Waals surface area contributed by atoms with Crippen molar-refractivity contribution < 1.29 is 14.3 Å². The molecule has 0 heterocycles. The van der Waals surface area contributed by atoms with Gasteiger partial charge in [0, 0.05) is 25.1 Å². The molecule has 0 aliphatic rings. The van der Waals surface area contributed by atoms with Crippen LogP contribution in [-0.4, -0.2) is 35.6 Å². The number of benzene rings is 1. The van der Waals surface area contributed by atoms with Crippen molar-refractivity contribution in [2.75, 3.05) is 19.7 Å². The summed E-state index contributed by atoms with van der Waals surface area (Å²) in [5.74, 6) is 5.30. The monoisotopic (exact) mass is 291 g/mol. The van der Waals surface area contributed by atoms with Gasteiger partial charge in [0.15, 0.2) is 0 Å². The molecule has 0 spiro atoms. The standard InChI is InChI=1S/C17H22FNO2/c1-4-19(12-13(2)3)17(21)16-9-8-15(18)11-14(16)7-5-6-10-20/h8-9,11,13,20H,4,6,10,12H2,1-3H3. The number of nitrogens with zero attached hydrogens (tertiary/aromatic N) is 1. The van der Waals surface area contributed by atoms with Crippen molar-refractivity contribution in [1.29, 1.82) is 0 Å². The molecule has 0 aliphatic carbocycles. The molecule has 1 aromatic carbocycles. The van der Waals surface area contributed by atoms with E-state index in [-0.39, 0.29) is 12.5 Å². The molecule has 0 radical (unpaired) electrons. The van der Waals surface area contributed by atoms with Gasteiger partial charge in [-0.3, -0.25) is 4.79 Å². The fraction of sp³-hybridized carbons (Fsp3) is 0.471. The first-order valence-electron chi connectivity index (χ1n) is 7.18. The fourth-order valence-electron chi connectivity index (χ4n) is 1.99. The van der Waals surface area contributed by atoms with Crippen molar-refractivity contribution in [3.8, 4) is 11.8 Å². The van der Waals surface area contributed by atoms with Crippen LogP contribution in [0.5, 0.6) is 0 Å². The maximum absolute atomic E-state index is 13.4. The maximum atomic E-state index is 13.4. The zero-order valence-electron chi connectivity index (χ0n) is 12.8. The molecule has 3 nitrogen and oxygen atoms in total. The van der Waals surface area contributed by atoms with Crippen LogP contribution in [0, 0.1) is 23.6 Å². The summed E-state index contributed by atoms with van der Waals surface area (Å²) in [5.41, 5.74) is 0.778. The zero-order valence-corrected chi connectivity index (χ0v) is 12.8. The first-order valence-corrected chi connectivity index (χ1v) is 7.18. The van der Waals surface area contributed by atoms with E-state index in [4.69, 9.17) is 5.11 Å². The molecule has 0 bridgehead atoms. The number of amides is 1. The van der Waals surface area contributed by atoms with Gasteiger partial charge in [-0.1, -0.05) is 25.7 Å². The number of carbonyl (C=O) groups excluding carboxylic acids is 1. The number of aliphatic hydroxyl groups is 1. The molecule has 4 heteroatoms. The van der Waals surface area contributed by atoms with E-state index in [1.165, 1.54) is 18.2 Å². The molecule has 0 aromatic heterocycles. The molecule has 114 valence electrons. The van der Waals surface area contributed by atoms with Crippen molar-refractivity contribution in [2.24, 2.45) is 5.92 Å². The molecule has 0 saturated carbocycles. The minimum atomic E-state index is -0.424. The molecule has 1 N–H and O–H groups in total. The van der Waals surface area contributed by atoms with E-state index in [0.29, 0.717) is 36.6 Å². The number of rotatable bonds is 5.